The van der Waals surface area contributed by atoms with Crippen LogP contribution >= 0.6 is 23.4 Å². The first kappa shape index (κ1) is 12.4. The highest BCUT2D eigenvalue weighted by Crippen LogP contribution is 2.33. The Morgan fingerprint density at radius 3 is 2.89 bits per heavy atom. The van der Waals surface area contributed by atoms with Crippen LogP contribution < -0.4 is 0 Å². The van der Waals surface area contributed by atoms with Gasteiger partial charge in [0.25, 0.3) is 5.78 Å². The molecule has 0 bridgehead atoms. The molecule has 0 aliphatic rings. The lowest BCUT2D eigenvalue weighted by atomic mass is 10.3. The number of halogens is 2. The monoisotopic (exact) mass is 294 g/mol. The zero-order chi connectivity index (χ0) is 13.4. The van der Waals surface area contributed by atoms with Gasteiger partial charge in [0.1, 0.15) is 22.3 Å². The fraction of sp³-hybridized carbons (Fsp3) is 0.0833. The third-order valence-electron chi connectivity index (χ3n) is 2.59. The quantitative estimate of drug-likeness (QED) is 0.680. The van der Waals surface area contributed by atoms with Gasteiger partial charge < -0.3 is 0 Å². The molecule has 3 aromatic rings. The van der Waals surface area contributed by atoms with E-state index < -0.39 is 0 Å². The first-order valence-electron chi connectivity index (χ1n) is 5.45. The lowest BCUT2D eigenvalue weighted by Crippen LogP contribution is -2.00. The molecule has 0 aliphatic heterocycles. The maximum Gasteiger partial charge on any atom is 0.254 e. The van der Waals surface area contributed by atoms with Crippen LogP contribution in [-0.2, 0) is 0 Å². The minimum atomic E-state index is -0.284. The number of rotatable bonds is 2. The number of nitrogens with zero attached hydrogens (tertiary/aromatic N) is 4. The van der Waals surface area contributed by atoms with Crippen LogP contribution in [0.3, 0.4) is 0 Å². The third kappa shape index (κ3) is 2.17. The van der Waals surface area contributed by atoms with Crippen LogP contribution in [0.25, 0.3) is 5.78 Å². The molecule has 0 amide bonds. The molecule has 2 aromatic heterocycles. The minimum absolute atomic E-state index is 0.284. The van der Waals surface area contributed by atoms with Crippen molar-refractivity contribution in [2.75, 3.05) is 0 Å². The largest absolute Gasteiger partial charge is 0.254 e. The van der Waals surface area contributed by atoms with Crippen molar-refractivity contribution in [1.29, 1.82) is 0 Å². The van der Waals surface area contributed by atoms with E-state index in [2.05, 4.69) is 15.1 Å². The highest BCUT2D eigenvalue weighted by molar-refractivity contribution is 7.99. The number of hydrogen-bond acceptors (Lipinski definition) is 4. The zero-order valence-corrected chi connectivity index (χ0v) is 11.4. The fourth-order valence-corrected chi connectivity index (χ4v) is 2.83. The summed E-state index contributed by atoms with van der Waals surface area (Å²) in [4.78, 5) is 8.61. The van der Waals surface area contributed by atoms with Crippen molar-refractivity contribution >= 4 is 29.1 Å². The van der Waals surface area contributed by atoms with Crippen LogP contribution in [0.5, 0.6) is 0 Å². The van der Waals surface area contributed by atoms with E-state index in [1.807, 2.05) is 6.92 Å². The van der Waals surface area contributed by atoms with Gasteiger partial charge in [-0.2, -0.15) is 19.6 Å². The van der Waals surface area contributed by atoms with E-state index in [1.165, 1.54) is 24.2 Å². The van der Waals surface area contributed by atoms with Crippen molar-refractivity contribution in [2.24, 2.45) is 0 Å². The van der Waals surface area contributed by atoms with E-state index in [0.717, 1.165) is 5.56 Å². The number of fused-ring (bicyclic) bond motifs is 1. The summed E-state index contributed by atoms with van der Waals surface area (Å²) in [5, 5.41) is 5.14. The van der Waals surface area contributed by atoms with Crippen LogP contribution in [0.4, 0.5) is 4.39 Å². The Kier molecular flexibility index (Phi) is 3.12. The van der Waals surface area contributed by atoms with Crippen LogP contribution in [0.15, 0.2) is 40.5 Å². The third-order valence-corrected chi connectivity index (χ3v) is 4.19. The van der Waals surface area contributed by atoms with Gasteiger partial charge in [-0.05, 0) is 19.1 Å². The molecule has 19 heavy (non-hydrogen) atoms. The average molecular weight is 295 g/mol. The van der Waals surface area contributed by atoms with Gasteiger partial charge in [0.05, 0.1) is 0 Å². The molecule has 0 aliphatic carbocycles. The van der Waals surface area contributed by atoms with Crippen molar-refractivity contribution in [2.45, 2.75) is 16.8 Å². The summed E-state index contributed by atoms with van der Waals surface area (Å²) in [6.07, 6.45) is 1.39. The number of benzene rings is 1. The second-order valence-electron chi connectivity index (χ2n) is 3.84. The molecule has 1 aromatic carbocycles. The highest BCUT2D eigenvalue weighted by Gasteiger charge is 2.15. The zero-order valence-electron chi connectivity index (χ0n) is 9.84. The second-order valence-corrected chi connectivity index (χ2v) is 5.23. The van der Waals surface area contributed by atoms with Gasteiger partial charge in [0.15, 0.2) is 0 Å². The van der Waals surface area contributed by atoms with Gasteiger partial charge >= 0.3 is 0 Å². The van der Waals surface area contributed by atoms with E-state index >= 15 is 0 Å². The molecule has 96 valence electrons. The summed E-state index contributed by atoms with van der Waals surface area (Å²) in [5.41, 5.74) is 0.743. The second kappa shape index (κ2) is 4.79. The Hall–Kier alpha value is -1.66. The van der Waals surface area contributed by atoms with Gasteiger partial charge in [-0.1, -0.05) is 35.5 Å². The molecule has 7 heteroatoms. The van der Waals surface area contributed by atoms with Crippen molar-refractivity contribution in [3.63, 3.8) is 0 Å². The van der Waals surface area contributed by atoms with E-state index in [1.54, 1.807) is 22.7 Å². The van der Waals surface area contributed by atoms with E-state index in [-0.39, 0.29) is 5.82 Å². The molecule has 0 saturated carbocycles. The SMILES string of the molecule is Cc1c(Cl)nc2ncnn2c1Sc1ccccc1F. The molecule has 0 spiro atoms. The maximum atomic E-state index is 13.7. The van der Waals surface area contributed by atoms with Gasteiger partial charge in [0.2, 0.25) is 0 Å². The summed E-state index contributed by atoms with van der Waals surface area (Å²) in [6.45, 7) is 1.82. The molecule has 3 rings (SSSR count). The standard InChI is InChI=1S/C12H8ClFN4S/c1-7-10(13)17-12-15-6-16-18(12)11(7)19-9-5-3-2-4-8(9)14/h2-6H,1H3. The predicted octanol–water partition coefficient (Wildman–Crippen LogP) is 3.38. The smallest absolute Gasteiger partial charge is 0.206 e. The normalized spacial score (nSPS) is 11.1. The predicted molar refractivity (Wildman–Crippen MR) is 71.1 cm³/mol. The Balaban J connectivity index is 2.17. The van der Waals surface area contributed by atoms with Crippen LogP contribution in [0.1, 0.15) is 5.56 Å². The van der Waals surface area contributed by atoms with E-state index in [9.17, 15) is 4.39 Å². The van der Waals surface area contributed by atoms with Crippen molar-refractivity contribution < 1.29 is 4.39 Å². The summed E-state index contributed by atoms with van der Waals surface area (Å²) in [6, 6.07) is 6.55. The molecule has 0 atom stereocenters. The highest BCUT2D eigenvalue weighted by atomic mass is 35.5. The molecule has 0 fully saturated rings. The molecular weight excluding hydrogens is 287 g/mol. The van der Waals surface area contributed by atoms with Gasteiger partial charge in [-0.15, -0.1) is 0 Å². The van der Waals surface area contributed by atoms with Crippen LogP contribution in [0.2, 0.25) is 5.15 Å². The molecule has 4 nitrogen and oxygen atoms in total. The Morgan fingerprint density at radius 2 is 2.11 bits per heavy atom. The summed E-state index contributed by atoms with van der Waals surface area (Å²) in [5.74, 6) is 0.113. The Morgan fingerprint density at radius 1 is 1.32 bits per heavy atom. The topological polar surface area (TPSA) is 43.1 Å². The summed E-state index contributed by atoms with van der Waals surface area (Å²) < 4.78 is 15.3. The fourth-order valence-electron chi connectivity index (χ4n) is 1.63. The molecular formula is C12H8ClFN4S. The molecule has 0 saturated heterocycles. The molecule has 2 heterocycles. The van der Waals surface area contributed by atoms with Crippen LogP contribution in [-0.4, -0.2) is 19.6 Å². The lowest BCUT2D eigenvalue weighted by molar-refractivity contribution is 0.601. The van der Waals surface area contributed by atoms with Gasteiger partial charge in [-0.25, -0.2) is 4.39 Å². The van der Waals surface area contributed by atoms with E-state index in [0.29, 0.717) is 20.9 Å². The first-order chi connectivity index (χ1) is 9.16. The van der Waals surface area contributed by atoms with Gasteiger partial charge in [0, 0.05) is 10.5 Å². The number of hydrogen-bond donors (Lipinski definition) is 0. The van der Waals surface area contributed by atoms with Crippen molar-refractivity contribution in [3.05, 3.63) is 47.1 Å². The molecule has 0 unspecified atom stereocenters. The van der Waals surface area contributed by atoms with Gasteiger partial charge in [-0.3, -0.25) is 0 Å². The van der Waals surface area contributed by atoms with E-state index in [4.69, 9.17) is 11.6 Å². The lowest BCUT2D eigenvalue weighted by Gasteiger charge is -2.09. The molecule has 0 radical (unpaired) electrons. The maximum absolute atomic E-state index is 13.7. The van der Waals surface area contributed by atoms with Crippen molar-refractivity contribution in [1.82, 2.24) is 19.6 Å². The van der Waals surface area contributed by atoms with Crippen molar-refractivity contribution in [3.8, 4) is 0 Å². The first-order valence-corrected chi connectivity index (χ1v) is 6.64. The molecule has 0 N–H and O–H groups in total. The van der Waals surface area contributed by atoms with Crippen LogP contribution in [0, 0.1) is 12.7 Å². The average Bonchev–Trinajstić information content (AvgIpc) is 2.85. The Labute approximate surface area is 117 Å². The number of aromatic nitrogens is 4. The summed E-state index contributed by atoms with van der Waals surface area (Å²) >= 11 is 7.31. The Bertz CT molecular complexity index is 759. The minimum Gasteiger partial charge on any atom is -0.206 e. The summed E-state index contributed by atoms with van der Waals surface area (Å²) in [7, 11) is 0.